The van der Waals surface area contributed by atoms with Crippen LogP contribution in [0.2, 0.25) is 0 Å². The van der Waals surface area contributed by atoms with E-state index in [4.69, 9.17) is 19.4 Å². The van der Waals surface area contributed by atoms with Gasteiger partial charge in [0.15, 0.2) is 0 Å². The van der Waals surface area contributed by atoms with E-state index in [1.54, 1.807) is 0 Å². The van der Waals surface area contributed by atoms with E-state index in [9.17, 15) is 4.79 Å². The van der Waals surface area contributed by atoms with Crippen LogP contribution in [0.5, 0.6) is 6.01 Å². The number of likely N-dealkylation sites (N-methyl/N-ethyl adjacent to an activating group) is 1. The molecule has 1 aromatic rings. The summed E-state index contributed by atoms with van der Waals surface area (Å²) in [6, 6.07) is 1.22. The molecule has 9 nitrogen and oxygen atoms in total. The van der Waals surface area contributed by atoms with Gasteiger partial charge in [0.1, 0.15) is 18.0 Å². The lowest BCUT2D eigenvalue weighted by Gasteiger charge is -2.42. The van der Waals surface area contributed by atoms with Crippen molar-refractivity contribution in [3.8, 4) is 6.01 Å². The van der Waals surface area contributed by atoms with Crippen LogP contribution in [0.4, 0.5) is 10.6 Å². The molecule has 0 aromatic carbocycles. The summed E-state index contributed by atoms with van der Waals surface area (Å²) in [6.45, 7) is 10.8. The number of nitrogens with zero attached hydrogens (tertiary/aromatic N) is 5. The number of rotatable bonds is 4. The molecule has 3 unspecified atom stereocenters. The van der Waals surface area contributed by atoms with E-state index in [2.05, 4.69) is 22.2 Å². The summed E-state index contributed by atoms with van der Waals surface area (Å²) in [7, 11) is 2.16. The summed E-state index contributed by atoms with van der Waals surface area (Å²) in [5.74, 6) is 0.997. The van der Waals surface area contributed by atoms with Crippen molar-refractivity contribution in [2.45, 2.75) is 83.1 Å². The fraction of sp³-hybridized carbons (Fsp3) is 0.792. The molecule has 1 amide bonds. The predicted molar refractivity (Wildman–Crippen MR) is 126 cm³/mol. The Morgan fingerprint density at radius 2 is 1.91 bits per heavy atom. The standard InChI is InChI=1S/C24H38N6O3/c1-24(2,3)33-23(31)30-16-7-8-17(30)14-29(13-16)21-19-9-10-25-12-20(19)26-22(27-21)32-15-18-6-5-11-28(18)4/h16-18,25H,5-15H2,1-4H3. The smallest absolute Gasteiger partial charge is 0.410 e. The molecule has 33 heavy (non-hydrogen) atoms. The number of likely N-dealkylation sites (tertiary alicyclic amines) is 1. The van der Waals surface area contributed by atoms with Crippen molar-refractivity contribution in [2.75, 3.05) is 44.7 Å². The summed E-state index contributed by atoms with van der Waals surface area (Å²) in [4.78, 5) is 29.3. The van der Waals surface area contributed by atoms with E-state index in [0.717, 1.165) is 69.9 Å². The van der Waals surface area contributed by atoms with Gasteiger partial charge in [-0.2, -0.15) is 9.97 Å². The maximum Gasteiger partial charge on any atom is 0.410 e. The van der Waals surface area contributed by atoms with Crippen molar-refractivity contribution < 1.29 is 14.3 Å². The highest BCUT2D eigenvalue weighted by Crippen LogP contribution is 2.36. The van der Waals surface area contributed by atoms with E-state index >= 15 is 0 Å². The van der Waals surface area contributed by atoms with Gasteiger partial charge in [-0.25, -0.2) is 4.79 Å². The van der Waals surface area contributed by atoms with Crippen molar-refractivity contribution in [1.29, 1.82) is 0 Å². The first-order valence-corrected chi connectivity index (χ1v) is 12.5. The van der Waals surface area contributed by atoms with Crippen LogP contribution in [0.15, 0.2) is 0 Å². The van der Waals surface area contributed by atoms with Gasteiger partial charge in [0.05, 0.1) is 17.8 Å². The van der Waals surface area contributed by atoms with E-state index in [-0.39, 0.29) is 18.2 Å². The first-order valence-electron chi connectivity index (χ1n) is 12.5. The summed E-state index contributed by atoms with van der Waals surface area (Å²) < 4.78 is 11.8. The van der Waals surface area contributed by atoms with Crippen molar-refractivity contribution in [2.24, 2.45) is 0 Å². The lowest BCUT2D eigenvalue weighted by molar-refractivity contribution is 0.0122. The Labute approximate surface area is 196 Å². The quantitative estimate of drug-likeness (QED) is 0.735. The van der Waals surface area contributed by atoms with Crippen molar-refractivity contribution in [3.63, 3.8) is 0 Å². The molecule has 0 radical (unpaired) electrons. The minimum atomic E-state index is -0.480. The second-order valence-electron chi connectivity index (χ2n) is 10.9. The van der Waals surface area contributed by atoms with Gasteiger partial charge >= 0.3 is 12.1 Å². The number of anilines is 1. The fourth-order valence-electron chi connectivity index (χ4n) is 5.69. The minimum Gasteiger partial charge on any atom is -0.462 e. The summed E-state index contributed by atoms with van der Waals surface area (Å²) in [5.41, 5.74) is 1.79. The third-order valence-corrected chi connectivity index (χ3v) is 7.36. The van der Waals surface area contributed by atoms with Crippen LogP contribution in [0.25, 0.3) is 0 Å². The molecule has 9 heteroatoms. The van der Waals surface area contributed by atoms with E-state index in [1.165, 1.54) is 12.0 Å². The topological polar surface area (TPSA) is 83.1 Å². The first-order chi connectivity index (χ1) is 15.8. The molecule has 0 saturated carbocycles. The Morgan fingerprint density at radius 1 is 1.15 bits per heavy atom. The molecule has 3 atom stereocenters. The van der Waals surface area contributed by atoms with Crippen molar-refractivity contribution in [1.82, 2.24) is 25.1 Å². The second-order valence-corrected chi connectivity index (χ2v) is 10.9. The van der Waals surface area contributed by atoms with Crippen LogP contribution in [0.3, 0.4) is 0 Å². The van der Waals surface area contributed by atoms with Gasteiger partial charge < -0.3 is 24.6 Å². The zero-order valence-corrected chi connectivity index (χ0v) is 20.5. The number of piperazine rings is 1. The molecule has 182 valence electrons. The van der Waals surface area contributed by atoms with Gasteiger partial charge in [-0.15, -0.1) is 0 Å². The van der Waals surface area contributed by atoms with Crippen LogP contribution in [-0.2, 0) is 17.7 Å². The lowest BCUT2D eigenvalue weighted by atomic mass is 10.1. The molecule has 5 heterocycles. The molecule has 3 saturated heterocycles. The van der Waals surface area contributed by atoms with Crippen molar-refractivity contribution in [3.05, 3.63) is 11.3 Å². The van der Waals surface area contributed by atoms with E-state index in [1.807, 2.05) is 25.7 Å². The SMILES string of the molecule is CN1CCCC1COc1nc2c(c(N3CC4CCC(C3)N4C(=O)OC(C)(C)C)n1)CCNC2. The Morgan fingerprint density at radius 3 is 2.58 bits per heavy atom. The van der Waals surface area contributed by atoms with Gasteiger partial charge in [0.25, 0.3) is 0 Å². The molecule has 1 aromatic heterocycles. The number of hydrogen-bond acceptors (Lipinski definition) is 8. The van der Waals surface area contributed by atoms with Crippen molar-refractivity contribution >= 4 is 11.9 Å². The average Bonchev–Trinajstić information content (AvgIpc) is 3.29. The van der Waals surface area contributed by atoms with Gasteiger partial charge in [0.2, 0.25) is 0 Å². The Hall–Kier alpha value is -2.13. The number of nitrogens with one attached hydrogen (secondary N) is 1. The fourth-order valence-corrected chi connectivity index (χ4v) is 5.69. The number of carbonyl (C=O) groups is 1. The van der Waals surface area contributed by atoms with E-state index in [0.29, 0.717) is 18.7 Å². The van der Waals surface area contributed by atoms with Crippen LogP contribution in [0, 0.1) is 0 Å². The molecular weight excluding hydrogens is 420 g/mol. The molecule has 0 aliphatic carbocycles. The average molecular weight is 459 g/mol. The molecular formula is C24H38N6O3. The largest absolute Gasteiger partial charge is 0.462 e. The summed E-state index contributed by atoms with van der Waals surface area (Å²) in [6.07, 6.45) is 5.12. The highest BCUT2D eigenvalue weighted by molar-refractivity contribution is 5.70. The lowest BCUT2D eigenvalue weighted by Crippen LogP contribution is -2.57. The molecule has 1 N–H and O–H groups in total. The number of amides is 1. The number of aromatic nitrogens is 2. The van der Waals surface area contributed by atoms with Gasteiger partial charge in [-0.3, -0.25) is 4.90 Å². The van der Waals surface area contributed by atoms with Crippen LogP contribution in [0.1, 0.15) is 57.7 Å². The monoisotopic (exact) mass is 458 g/mol. The van der Waals surface area contributed by atoms with Gasteiger partial charge in [0, 0.05) is 31.2 Å². The predicted octanol–water partition coefficient (Wildman–Crippen LogP) is 2.18. The first kappa shape index (κ1) is 22.7. The van der Waals surface area contributed by atoms with Gasteiger partial charge in [-0.1, -0.05) is 0 Å². The number of fused-ring (bicyclic) bond motifs is 3. The zero-order valence-electron chi connectivity index (χ0n) is 20.5. The summed E-state index contributed by atoms with van der Waals surface area (Å²) >= 11 is 0. The van der Waals surface area contributed by atoms with Crippen LogP contribution >= 0.6 is 0 Å². The highest BCUT2D eigenvalue weighted by Gasteiger charge is 2.45. The zero-order chi connectivity index (χ0) is 23.2. The Balaban J connectivity index is 1.35. The van der Waals surface area contributed by atoms with Crippen LogP contribution in [-0.4, -0.2) is 89.4 Å². The molecule has 0 spiro atoms. The Bertz CT molecular complexity index is 874. The van der Waals surface area contributed by atoms with Crippen LogP contribution < -0.4 is 15.0 Å². The highest BCUT2D eigenvalue weighted by atomic mass is 16.6. The molecule has 4 aliphatic rings. The number of hydrogen-bond donors (Lipinski definition) is 1. The second kappa shape index (κ2) is 8.91. The Kier molecular flexibility index (Phi) is 6.11. The molecule has 2 bridgehead atoms. The maximum absolute atomic E-state index is 12.9. The molecule has 3 fully saturated rings. The van der Waals surface area contributed by atoms with Gasteiger partial charge in [-0.05, 0) is 73.0 Å². The number of ether oxygens (including phenoxy) is 2. The third-order valence-electron chi connectivity index (χ3n) is 7.36. The third kappa shape index (κ3) is 4.75. The maximum atomic E-state index is 12.9. The normalized spacial score (nSPS) is 27.6. The molecule has 5 rings (SSSR count). The minimum absolute atomic E-state index is 0.155. The van der Waals surface area contributed by atoms with E-state index < -0.39 is 5.60 Å². The summed E-state index contributed by atoms with van der Waals surface area (Å²) in [5, 5.41) is 3.43. The molecule has 4 aliphatic heterocycles. The number of carbonyl (C=O) groups excluding carboxylic acids is 1.